The topological polar surface area (TPSA) is 78.4 Å². The smallest absolute Gasteiger partial charge is 0.408 e. The molecule has 2 heterocycles. The Labute approximate surface area is 167 Å². The molecule has 26 heavy (non-hydrogen) atoms. The van der Waals surface area contributed by atoms with Crippen LogP contribution in [0.4, 0.5) is 10.7 Å². The number of halogens is 1. The molecule has 6 nitrogen and oxygen atoms in total. The Balaban J connectivity index is 1.70. The first kappa shape index (κ1) is 18.9. The van der Waals surface area contributed by atoms with Gasteiger partial charge in [-0.05, 0) is 37.3 Å². The van der Waals surface area contributed by atoms with E-state index in [0.29, 0.717) is 24.8 Å². The van der Waals surface area contributed by atoms with E-state index in [-0.39, 0.29) is 0 Å². The molecule has 1 aliphatic rings. The number of rotatable bonds is 5. The Kier molecular flexibility index (Phi) is 5.95. The quantitative estimate of drug-likeness (QED) is 0.396. The summed E-state index contributed by atoms with van der Waals surface area (Å²) in [6.45, 7) is 3.35. The number of aryl methyl sites for hydroxylation is 1. The summed E-state index contributed by atoms with van der Waals surface area (Å²) in [5, 5.41) is 13.0. The van der Waals surface area contributed by atoms with Gasteiger partial charge in [0.15, 0.2) is 0 Å². The number of hydrogen-bond donors (Lipinski definition) is 2. The van der Waals surface area contributed by atoms with Crippen molar-refractivity contribution >= 4 is 34.6 Å². The van der Waals surface area contributed by atoms with E-state index in [0.717, 1.165) is 24.9 Å². The molecule has 1 fully saturated rings. The molecule has 7 heteroatoms. The van der Waals surface area contributed by atoms with E-state index in [2.05, 4.69) is 69.1 Å². The van der Waals surface area contributed by atoms with E-state index in [4.69, 9.17) is 0 Å². The van der Waals surface area contributed by atoms with Crippen LogP contribution in [0.15, 0.2) is 42.7 Å². The van der Waals surface area contributed by atoms with Crippen LogP contribution in [0.2, 0.25) is 0 Å². The largest absolute Gasteiger partial charge is 0.465 e. The number of benzene rings is 1. The van der Waals surface area contributed by atoms with Crippen molar-refractivity contribution in [1.82, 2.24) is 14.9 Å². The molecule has 0 saturated carbocycles. The Morgan fingerprint density at radius 2 is 2.04 bits per heavy atom. The maximum Gasteiger partial charge on any atom is 0.408 e. The number of piperidine rings is 1. The summed E-state index contributed by atoms with van der Waals surface area (Å²) in [6.07, 6.45) is 4.92. The highest BCUT2D eigenvalue weighted by Gasteiger charge is 2.43. The molecular weight excluding hydrogens is 443 g/mol. The van der Waals surface area contributed by atoms with E-state index in [1.807, 2.05) is 0 Å². The molecule has 0 radical (unpaired) electrons. The van der Waals surface area contributed by atoms with Crippen LogP contribution in [0, 0.1) is 12.8 Å². The maximum absolute atomic E-state index is 11.8. The van der Waals surface area contributed by atoms with E-state index >= 15 is 0 Å². The molecule has 1 aliphatic heterocycles. The first-order valence-electron chi connectivity index (χ1n) is 8.72. The summed E-state index contributed by atoms with van der Waals surface area (Å²) in [5.41, 5.74) is 2.37. The van der Waals surface area contributed by atoms with Gasteiger partial charge in [0, 0.05) is 31.9 Å². The molecule has 2 aromatic rings. The summed E-state index contributed by atoms with van der Waals surface area (Å²) >= 11 is 2.34. The Morgan fingerprint density at radius 3 is 2.69 bits per heavy atom. The Morgan fingerprint density at radius 1 is 1.35 bits per heavy atom. The number of likely N-dealkylation sites (tertiary alicyclic amines) is 1. The third-order valence-corrected chi connectivity index (χ3v) is 6.19. The SMILES string of the molecule is Cc1ccc(CC2(I)CC(CNc3ncccn3)CCN2C(=O)O)cc1. The number of carboxylic acid groups (broad SMARTS) is 1. The van der Waals surface area contributed by atoms with Gasteiger partial charge in [-0.1, -0.05) is 52.4 Å². The maximum atomic E-state index is 11.8. The van der Waals surface area contributed by atoms with Crippen LogP contribution in [-0.2, 0) is 6.42 Å². The number of amides is 1. The lowest BCUT2D eigenvalue weighted by molar-refractivity contribution is 0.0845. The van der Waals surface area contributed by atoms with Gasteiger partial charge in [-0.25, -0.2) is 14.8 Å². The zero-order valence-electron chi connectivity index (χ0n) is 14.7. The minimum absolute atomic E-state index is 0.372. The second kappa shape index (κ2) is 8.20. The molecule has 1 saturated heterocycles. The average molecular weight is 466 g/mol. The molecule has 2 unspecified atom stereocenters. The highest BCUT2D eigenvalue weighted by molar-refractivity contribution is 14.1. The number of carbonyl (C=O) groups is 1. The molecule has 138 valence electrons. The summed E-state index contributed by atoms with van der Waals surface area (Å²) in [7, 11) is 0. The fourth-order valence-electron chi connectivity index (χ4n) is 3.42. The van der Waals surface area contributed by atoms with Crippen LogP contribution in [0.1, 0.15) is 24.0 Å². The van der Waals surface area contributed by atoms with Crippen molar-refractivity contribution in [3.63, 3.8) is 0 Å². The number of hydrogen-bond acceptors (Lipinski definition) is 4. The van der Waals surface area contributed by atoms with E-state index < -0.39 is 9.64 Å². The average Bonchev–Trinajstić information content (AvgIpc) is 2.62. The molecule has 0 bridgehead atoms. The molecular formula is C19H23IN4O2. The van der Waals surface area contributed by atoms with Crippen LogP contribution < -0.4 is 5.32 Å². The van der Waals surface area contributed by atoms with Crippen LogP contribution in [0.5, 0.6) is 0 Å². The van der Waals surface area contributed by atoms with Crippen molar-refractivity contribution in [2.24, 2.45) is 5.92 Å². The predicted octanol–water partition coefficient (Wildman–Crippen LogP) is 3.96. The van der Waals surface area contributed by atoms with Crippen molar-refractivity contribution in [2.75, 3.05) is 18.4 Å². The van der Waals surface area contributed by atoms with Crippen LogP contribution >= 0.6 is 22.6 Å². The van der Waals surface area contributed by atoms with Gasteiger partial charge in [0.1, 0.15) is 3.55 Å². The molecule has 2 N–H and O–H groups in total. The van der Waals surface area contributed by atoms with Crippen molar-refractivity contribution in [2.45, 2.75) is 29.7 Å². The first-order valence-corrected chi connectivity index (χ1v) is 9.80. The Hall–Kier alpha value is -1.90. The highest BCUT2D eigenvalue weighted by Crippen LogP contribution is 2.40. The lowest BCUT2D eigenvalue weighted by Crippen LogP contribution is -2.54. The van der Waals surface area contributed by atoms with E-state index in [1.54, 1.807) is 23.4 Å². The zero-order chi connectivity index (χ0) is 18.6. The first-order chi connectivity index (χ1) is 12.5. The van der Waals surface area contributed by atoms with Crippen LogP contribution in [0.25, 0.3) is 0 Å². The third-order valence-electron chi connectivity index (χ3n) is 4.79. The molecule has 3 rings (SSSR count). The molecule has 0 spiro atoms. The van der Waals surface area contributed by atoms with Crippen molar-refractivity contribution in [3.05, 3.63) is 53.9 Å². The number of alkyl halides is 1. The van der Waals surface area contributed by atoms with Crippen molar-refractivity contribution < 1.29 is 9.90 Å². The van der Waals surface area contributed by atoms with Gasteiger partial charge in [0.05, 0.1) is 0 Å². The van der Waals surface area contributed by atoms with Crippen molar-refractivity contribution in [3.8, 4) is 0 Å². The van der Waals surface area contributed by atoms with Gasteiger partial charge in [0.25, 0.3) is 0 Å². The fourth-order valence-corrected chi connectivity index (χ4v) is 4.93. The van der Waals surface area contributed by atoms with E-state index in [9.17, 15) is 9.90 Å². The lowest BCUT2D eigenvalue weighted by Gasteiger charge is -2.45. The molecule has 1 aromatic carbocycles. The number of aromatic nitrogens is 2. The normalized spacial score (nSPS) is 22.8. The monoisotopic (exact) mass is 466 g/mol. The second-order valence-electron chi connectivity index (χ2n) is 6.83. The van der Waals surface area contributed by atoms with Crippen LogP contribution in [-0.4, -0.2) is 42.7 Å². The standard InChI is InChI=1S/C19H23IN4O2/c1-14-3-5-15(6-4-14)11-19(20)12-16(7-10-24(19)18(25)26)13-23-17-21-8-2-9-22-17/h2-6,8-9,16H,7,10-13H2,1H3,(H,25,26)(H,21,22,23). The lowest BCUT2D eigenvalue weighted by atomic mass is 9.87. The van der Waals surface area contributed by atoms with Crippen molar-refractivity contribution in [1.29, 1.82) is 0 Å². The summed E-state index contributed by atoms with van der Waals surface area (Å²) in [4.78, 5) is 21.8. The number of nitrogens with one attached hydrogen (secondary N) is 1. The third kappa shape index (κ3) is 4.63. The minimum atomic E-state index is -0.843. The fraction of sp³-hybridized carbons (Fsp3) is 0.421. The molecule has 2 atom stereocenters. The minimum Gasteiger partial charge on any atom is -0.465 e. The van der Waals surface area contributed by atoms with Gasteiger partial charge < -0.3 is 10.4 Å². The molecule has 1 aromatic heterocycles. The van der Waals surface area contributed by atoms with Gasteiger partial charge in [0.2, 0.25) is 5.95 Å². The van der Waals surface area contributed by atoms with Crippen LogP contribution in [0.3, 0.4) is 0 Å². The van der Waals surface area contributed by atoms with Gasteiger partial charge in [-0.3, -0.25) is 4.90 Å². The van der Waals surface area contributed by atoms with Gasteiger partial charge >= 0.3 is 6.09 Å². The summed E-state index contributed by atoms with van der Waals surface area (Å²) in [5.74, 6) is 0.988. The second-order valence-corrected chi connectivity index (χ2v) is 8.83. The zero-order valence-corrected chi connectivity index (χ0v) is 16.9. The molecule has 0 aliphatic carbocycles. The number of anilines is 1. The van der Waals surface area contributed by atoms with Gasteiger partial charge in [-0.2, -0.15) is 0 Å². The Bertz CT molecular complexity index is 741. The van der Waals surface area contributed by atoms with E-state index in [1.165, 1.54) is 5.56 Å². The predicted molar refractivity (Wildman–Crippen MR) is 110 cm³/mol. The number of nitrogens with zero attached hydrogens (tertiary/aromatic N) is 3. The van der Waals surface area contributed by atoms with Gasteiger partial charge in [-0.15, -0.1) is 0 Å². The summed E-state index contributed by atoms with van der Waals surface area (Å²) in [6, 6.07) is 10.1. The highest BCUT2D eigenvalue weighted by atomic mass is 127. The summed E-state index contributed by atoms with van der Waals surface area (Å²) < 4.78 is -0.443. The molecule has 1 amide bonds.